The van der Waals surface area contributed by atoms with Gasteiger partial charge in [-0.1, -0.05) is 59.8 Å². The summed E-state index contributed by atoms with van der Waals surface area (Å²) in [5, 5.41) is 4.05. The van der Waals surface area contributed by atoms with E-state index in [0.717, 1.165) is 51.0 Å². The van der Waals surface area contributed by atoms with Crippen LogP contribution >= 0.6 is 0 Å². The van der Waals surface area contributed by atoms with E-state index in [2.05, 4.69) is 28.8 Å². The number of likely N-dealkylation sites (tertiary alicyclic amines) is 1. The van der Waals surface area contributed by atoms with Gasteiger partial charge >= 0.3 is 0 Å². The first kappa shape index (κ1) is 34.2. The van der Waals surface area contributed by atoms with Gasteiger partial charge in [-0.05, 0) is 82.2 Å². The Bertz CT molecular complexity index is 1520. The second-order valence-electron chi connectivity index (χ2n) is 12.5. The number of aromatic nitrogens is 4. The lowest BCUT2D eigenvalue weighted by atomic mass is 9.94. The van der Waals surface area contributed by atoms with Crippen LogP contribution in [0.5, 0.6) is 5.75 Å². The van der Waals surface area contributed by atoms with E-state index in [1.807, 2.05) is 13.8 Å². The topological polar surface area (TPSA) is 110 Å². The van der Waals surface area contributed by atoms with Gasteiger partial charge in [0, 0.05) is 13.6 Å². The van der Waals surface area contributed by atoms with Crippen LogP contribution in [-0.2, 0) is 23.3 Å². The number of benzene rings is 1. The van der Waals surface area contributed by atoms with Gasteiger partial charge in [-0.3, -0.25) is 9.48 Å². The second-order valence-corrected chi connectivity index (χ2v) is 14.7. The predicted molar refractivity (Wildman–Crippen MR) is 178 cm³/mol. The number of hydrogen-bond acceptors (Lipinski definition) is 7. The number of rotatable bonds is 18. The highest BCUT2D eigenvalue weighted by Crippen LogP contribution is 2.34. The molecule has 1 aromatic carbocycles. The van der Waals surface area contributed by atoms with Crippen molar-refractivity contribution in [3.63, 3.8) is 0 Å². The first-order valence-electron chi connectivity index (χ1n) is 16.9. The largest absolute Gasteiger partial charge is 0.493 e. The third-order valence-electron chi connectivity index (χ3n) is 8.92. The van der Waals surface area contributed by atoms with E-state index in [9.17, 15) is 13.2 Å². The standard InChI is InChI=1S/C34H53N5O4S/c1-6-10-11-12-16-25(24-39-19-13-14-20-39)22-26(9-4)44(41,42)27-17-18-30(43-21-8-3)28(23-27)33-35-31-29(15-7-2)37-38(5)32(31)34(40)36-33/h17-18,23,25-26H,6-16,19-22,24H2,1-5H3,(H,35,36,40). The van der Waals surface area contributed by atoms with Gasteiger partial charge in [0.15, 0.2) is 15.4 Å². The van der Waals surface area contributed by atoms with E-state index in [0.29, 0.717) is 60.0 Å². The number of aryl methyl sites for hydroxylation is 2. The molecule has 3 heterocycles. The third kappa shape index (κ3) is 8.10. The first-order chi connectivity index (χ1) is 21.2. The second kappa shape index (κ2) is 16.0. The molecule has 2 atom stereocenters. The molecule has 2 unspecified atom stereocenters. The number of hydrogen-bond donors (Lipinski definition) is 1. The zero-order valence-corrected chi connectivity index (χ0v) is 28.3. The molecule has 9 nitrogen and oxygen atoms in total. The third-order valence-corrected chi connectivity index (χ3v) is 11.2. The number of fused-ring (bicyclic) bond motifs is 1. The monoisotopic (exact) mass is 627 g/mol. The van der Waals surface area contributed by atoms with E-state index in [1.165, 1.54) is 32.1 Å². The molecule has 0 amide bonds. The fourth-order valence-electron chi connectivity index (χ4n) is 6.54. The maximum atomic E-state index is 14.3. The number of aromatic amines is 1. The van der Waals surface area contributed by atoms with Crippen LogP contribution in [0.2, 0.25) is 0 Å². The summed E-state index contributed by atoms with van der Waals surface area (Å²) in [6, 6.07) is 5.03. The Balaban J connectivity index is 1.70. The van der Waals surface area contributed by atoms with Crippen LogP contribution < -0.4 is 10.3 Å². The minimum Gasteiger partial charge on any atom is -0.493 e. The van der Waals surface area contributed by atoms with Gasteiger partial charge in [0.25, 0.3) is 5.56 Å². The molecule has 1 saturated heterocycles. The van der Waals surface area contributed by atoms with Crippen LogP contribution in [0.15, 0.2) is 27.9 Å². The van der Waals surface area contributed by atoms with Crippen LogP contribution in [0, 0.1) is 5.92 Å². The zero-order valence-electron chi connectivity index (χ0n) is 27.5. The molecule has 1 N–H and O–H groups in total. The molecule has 1 aliphatic heterocycles. The van der Waals surface area contributed by atoms with E-state index in [1.54, 1.807) is 29.9 Å². The molecule has 0 aliphatic carbocycles. The van der Waals surface area contributed by atoms with Gasteiger partial charge in [-0.2, -0.15) is 5.10 Å². The van der Waals surface area contributed by atoms with Crippen LogP contribution in [0.1, 0.15) is 104 Å². The molecule has 1 aliphatic rings. The van der Waals surface area contributed by atoms with Crippen molar-refractivity contribution in [2.45, 2.75) is 115 Å². The van der Waals surface area contributed by atoms with Crippen LogP contribution in [0.3, 0.4) is 0 Å². The summed E-state index contributed by atoms with van der Waals surface area (Å²) in [6.07, 6.45) is 11.8. The van der Waals surface area contributed by atoms with Crippen molar-refractivity contribution in [3.8, 4) is 17.1 Å². The average molecular weight is 628 g/mol. The van der Waals surface area contributed by atoms with Crippen molar-refractivity contribution in [2.24, 2.45) is 13.0 Å². The molecule has 0 saturated carbocycles. The number of nitrogens with one attached hydrogen (secondary N) is 1. The lowest BCUT2D eigenvalue weighted by Crippen LogP contribution is -2.31. The Labute approximate surface area is 263 Å². The molecule has 44 heavy (non-hydrogen) atoms. The summed E-state index contributed by atoms with van der Waals surface area (Å²) >= 11 is 0. The van der Waals surface area contributed by atoms with Crippen molar-refractivity contribution in [1.82, 2.24) is 24.6 Å². The molecule has 2 aromatic heterocycles. The molecular weight excluding hydrogens is 574 g/mol. The van der Waals surface area contributed by atoms with Crippen molar-refractivity contribution >= 4 is 20.9 Å². The van der Waals surface area contributed by atoms with E-state index >= 15 is 0 Å². The predicted octanol–water partition coefficient (Wildman–Crippen LogP) is 6.69. The molecule has 0 spiro atoms. The Kier molecular flexibility index (Phi) is 12.4. The number of H-pyrrole nitrogens is 1. The van der Waals surface area contributed by atoms with Crippen LogP contribution in [0.4, 0.5) is 0 Å². The smallest absolute Gasteiger partial charge is 0.277 e. The normalized spacial score (nSPS) is 15.7. The number of nitrogens with zero attached hydrogens (tertiary/aromatic N) is 4. The Morgan fingerprint density at radius 1 is 1.02 bits per heavy atom. The van der Waals surface area contributed by atoms with Gasteiger partial charge in [-0.25, -0.2) is 13.4 Å². The zero-order chi connectivity index (χ0) is 31.7. The van der Waals surface area contributed by atoms with Gasteiger partial charge in [0.05, 0.1) is 28.0 Å². The molecule has 10 heteroatoms. The van der Waals surface area contributed by atoms with E-state index in [4.69, 9.17) is 9.72 Å². The van der Waals surface area contributed by atoms with Gasteiger partial charge < -0.3 is 14.6 Å². The lowest BCUT2D eigenvalue weighted by molar-refractivity contribution is 0.252. The lowest BCUT2D eigenvalue weighted by Gasteiger charge is -2.27. The van der Waals surface area contributed by atoms with Crippen molar-refractivity contribution < 1.29 is 13.2 Å². The van der Waals surface area contributed by atoms with Gasteiger partial charge in [0.1, 0.15) is 17.1 Å². The average Bonchev–Trinajstić information content (AvgIpc) is 3.64. The molecule has 244 valence electrons. The Morgan fingerprint density at radius 3 is 2.48 bits per heavy atom. The summed E-state index contributed by atoms with van der Waals surface area (Å²) in [6.45, 7) is 12.0. The van der Waals surface area contributed by atoms with Crippen molar-refractivity contribution in [1.29, 1.82) is 0 Å². The highest BCUT2D eigenvalue weighted by atomic mass is 32.2. The fraction of sp³-hybridized carbons (Fsp3) is 0.676. The van der Waals surface area contributed by atoms with Crippen LogP contribution in [-0.4, -0.2) is 64.6 Å². The number of unbranched alkanes of at least 4 members (excludes halogenated alkanes) is 3. The van der Waals surface area contributed by atoms with Crippen molar-refractivity contribution in [3.05, 3.63) is 34.2 Å². The Hall–Kier alpha value is -2.72. The summed E-state index contributed by atoms with van der Waals surface area (Å²) in [5.74, 6) is 1.15. The molecular formula is C34H53N5O4S. The highest BCUT2D eigenvalue weighted by Gasteiger charge is 2.31. The summed E-state index contributed by atoms with van der Waals surface area (Å²) in [7, 11) is -1.92. The summed E-state index contributed by atoms with van der Waals surface area (Å²) in [5.41, 5.74) is 1.88. The Morgan fingerprint density at radius 2 is 1.80 bits per heavy atom. The molecule has 3 aromatic rings. The highest BCUT2D eigenvalue weighted by molar-refractivity contribution is 7.92. The maximum Gasteiger partial charge on any atom is 0.277 e. The maximum absolute atomic E-state index is 14.3. The first-order valence-corrected chi connectivity index (χ1v) is 18.5. The molecule has 4 rings (SSSR count). The number of sulfone groups is 1. The van der Waals surface area contributed by atoms with Crippen molar-refractivity contribution in [2.75, 3.05) is 26.2 Å². The molecule has 1 fully saturated rings. The van der Waals surface area contributed by atoms with E-state index < -0.39 is 15.1 Å². The molecule has 0 radical (unpaired) electrons. The SMILES string of the molecule is CCCCCCC(CC(CC)S(=O)(=O)c1ccc(OCCC)c(-c2nc3c(CCC)nn(C)c3c(=O)[nH]2)c1)CN1CCCC1. The number of ether oxygens (including phenoxy) is 1. The molecule has 0 bridgehead atoms. The van der Waals surface area contributed by atoms with Gasteiger partial charge in [-0.15, -0.1) is 0 Å². The van der Waals surface area contributed by atoms with Crippen LogP contribution in [0.25, 0.3) is 22.4 Å². The summed E-state index contributed by atoms with van der Waals surface area (Å²) in [4.78, 5) is 23.7. The van der Waals surface area contributed by atoms with Gasteiger partial charge in [0.2, 0.25) is 0 Å². The minimum absolute atomic E-state index is 0.247. The minimum atomic E-state index is -3.66. The fourth-order valence-corrected chi connectivity index (χ4v) is 8.43. The van der Waals surface area contributed by atoms with E-state index in [-0.39, 0.29) is 10.5 Å². The quantitative estimate of drug-likeness (QED) is 0.157. The summed E-state index contributed by atoms with van der Waals surface area (Å²) < 4.78 is 36.2.